The Labute approximate surface area is 167 Å². The largest absolute Gasteiger partial charge is 0.444 e. The van der Waals surface area contributed by atoms with Crippen LogP contribution in [0.3, 0.4) is 0 Å². The highest BCUT2D eigenvalue weighted by Crippen LogP contribution is 2.43. The van der Waals surface area contributed by atoms with Gasteiger partial charge in [0.15, 0.2) is 5.78 Å². The van der Waals surface area contributed by atoms with Crippen LogP contribution in [0.25, 0.3) is 0 Å². The van der Waals surface area contributed by atoms with Crippen molar-refractivity contribution in [3.8, 4) is 11.8 Å². The maximum Gasteiger partial charge on any atom is 0.343 e. The first kappa shape index (κ1) is 18.5. The molecule has 1 atom stereocenters. The Balaban J connectivity index is 1.64. The lowest BCUT2D eigenvalue weighted by Gasteiger charge is -2.31. The van der Waals surface area contributed by atoms with E-state index in [-0.39, 0.29) is 17.2 Å². The van der Waals surface area contributed by atoms with E-state index in [0.29, 0.717) is 41.9 Å². The molecule has 0 saturated heterocycles. The lowest BCUT2D eigenvalue weighted by Crippen LogP contribution is -2.27. The van der Waals surface area contributed by atoms with E-state index in [1.54, 1.807) is 48.5 Å². The van der Waals surface area contributed by atoms with Gasteiger partial charge in [-0.2, -0.15) is 5.26 Å². The first-order valence-electron chi connectivity index (χ1n) is 9.29. The molecule has 0 bridgehead atoms. The molecule has 0 spiro atoms. The molecule has 1 aliphatic carbocycles. The molecule has 0 radical (unpaired) electrons. The number of benzene rings is 2. The third-order valence-electron chi connectivity index (χ3n) is 5.04. The van der Waals surface area contributed by atoms with Crippen molar-refractivity contribution in [2.75, 3.05) is 0 Å². The Morgan fingerprint density at radius 1 is 1.10 bits per heavy atom. The number of hydrogen-bond donors (Lipinski definition) is 1. The van der Waals surface area contributed by atoms with Crippen LogP contribution in [0.5, 0.6) is 5.75 Å². The molecule has 0 saturated carbocycles. The number of nitrogens with two attached hydrogens (primary N) is 1. The summed E-state index contributed by atoms with van der Waals surface area (Å²) >= 11 is 0. The third kappa shape index (κ3) is 3.50. The number of Topliss-reactive ketones (excluding diaryl/α,β-unsaturated/α-hetero) is 1. The van der Waals surface area contributed by atoms with Crippen LogP contribution in [0.4, 0.5) is 0 Å². The van der Waals surface area contributed by atoms with E-state index in [1.165, 1.54) is 0 Å². The molecule has 4 rings (SSSR count). The minimum atomic E-state index is -0.574. The van der Waals surface area contributed by atoms with Crippen molar-refractivity contribution in [3.05, 3.63) is 88.5 Å². The Kier molecular flexibility index (Phi) is 4.88. The molecular formula is C23H18N2O4. The summed E-state index contributed by atoms with van der Waals surface area (Å²) in [7, 11) is 0. The van der Waals surface area contributed by atoms with Gasteiger partial charge < -0.3 is 15.2 Å². The smallest absolute Gasteiger partial charge is 0.343 e. The van der Waals surface area contributed by atoms with Crippen LogP contribution in [-0.4, -0.2) is 11.8 Å². The van der Waals surface area contributed by atoms with E-state index >= 15 is 0 Å². The molecule has 0 aromatic heterocycles. The lowest BCUT2D eigenvalue weighted by molar-refractivity contribution is -0.116. The van der Waals surface area contributed by atoms with Crippen LogP contribution in [0, 0.1) is 11.3 Å². The number of carbonyl (C=O) groups is 2. The van der Waals surface area contributed by atoms with Gasteiger partial charge in [-0.3, -0.25) is 4.79 Å². The van der Waals surface area contributed by atoms with Crippen molar-refractivity contribution >= 4 is 11.8 Å². The number of carbonyl (C=O) groups excluding carboxylic acids is 2. The summed E-state index contributed by atoms with van der Waals surface area (Å²) in [5, 5.41) is 9.60. The highest BCUT2D eigenvalue weighted by molar-refractivity contribution is 5.99. The maximum atomic E-state index is 12.6. The average Bonchev–Trinajstić information content (AvgIpc) is 2.74. The standard InChI is InChI=1S/C23H18N2O4/c24-13-17-20(21-18(26)7-4-8-19(21)29-22(17)25)14-9-11-16(12-10-14)28-23(27)15-5-2-1-3-6-15/h1-3,5-6,9-12,20H,4,7-8,25H2/t20-/m1/s1. The molecule has 6 nitrogen and oxygen atoms in total. The van der Waals surface area contributed by atoms with Gasteiger partial charge in [-0.15, -0.1) is 0 Å². The monoisotopic (exact) mass is 386 g/mol. The Morgan fingerprint density at radius 3 is 2.52 bits per heavy atom. The molecule has 2 aliphatic rings. The second-order valence-corrected chi connectivity index (χ2v) is 6.86. The van der Waals surface area contributed by atoms with Crippen molar-refractivity contribution in [3.63, 3.8) is 0 Å². The molecule has 29 heavy (non-hydrogen) atoms. The Morgan fingerprint density at radius 2 is 1.83 bits per heavy atom. The molecule has 2 aromatic carbocycles. The molecule has 6 heteroatoms. The number of rotatable bonds is 3. The zero-order valence-electron chi connectivity index (χ0n) is 15.6. The summed E-state index contributed by atoms with van der Waals surface area (Å²) in [5.41, 5.74) is 7.83. The molecule has 2 aromatic rings. The fourth-order valence-corrected chi connectivity index (χ4v) is 3.66. The molecule has 1 heterocycles. The molecule has 0 fully saturated rings. The van der Waals surface area contributed by atoms with E-state index in [4.69, 9.17) is 15.2 Å². The fourth-order valence-electron chi connectivity index (χ4n) is 3.66. The predicted octanol–water partition coefficient (Wildman–Crippen LogP) is 3.72. The number of allylic oxidation sites excluding steroid dienone is 3. The molecule has 144 valence electrons. The van der Waals surface area contributed by atoms with E-state index in [0.717, 1.165) is 5.56 Å². The number of ether oxygens (including phenoxy) is 2. The Hall–Kier alpha value is -3.85. The van der Waals surface area contributed by atoms with Crippen LogP contribution in [-0.2, 0) is 9.53 Å². The van der Waals surface area contributed by atoms with Gasteiger partial charge in [0, 0.05) is 18.4 Å². The maximum absolute atomic E-state index is 12.6. The number of nitrogens with zero attached hydrogens (tertiary/aromatic N) is 1. The van der Waals surface area contributed by atoms with Gasteiger partial charge in [-0.25, -0.2) is 4.79 Å². The second kappa shape index (κ2) is 7.64. The number of nitriles is 1. The van der Waals surface area contributed by atoms with E-state index in [9.17, 15) is 14.9 Å². The van der Waals surface area contributed by atoms with Gasteiger partial charge in [0.25, 0.3) is 0 Å². The van der Waals surface area contributed by atoms with Gasteiger partial charge in [0.05, 0.1) is 11.5 Å². The van der Waals surface area contributed by atoms with Gasteiger partial charge in [0.2, 0.25) is 5.88 Å². The normalized spacial score (nSPS) is 18.6. The van der Waals surface area contributed by atoms with Crippen LogP contribution >= 0.6 is 0 Å². The summed E-state index contributed by atoms with van der Waals surface area (Å²) in [5.74, 6) is -0.118. The topological polar surface area (TPSA) is 102 Å². The summed E-state index contributed by atoms with van der Waals surface area (Å²) in [6.07, 6.45) is 1.74. The quantitative estimate of drug-likeness (QED) is 0.637. The molecule has 0 amide bonds. The van der Waals surface area contributed by atoms with Gasteiger partial charge in [-0.1, -0.05) is 30.3 Å². The van der Waals surface area contributed by atoms with E-state index in [1.807, 2.05) is 6.07 Å². The van der Waals surface area contributed by atoms with Crippen LogP contribution in [0.15, 0.2) is 77.4 Å². The van der Waals surface area contributed by atoms with Gasteiger partial charge in [-0.05, 0) is 36.2 Å². The first-order valence-corrected chi connectivity index (χ1v) is 9.29. The van der Waals surface area contributed by atoms with E-state index in [2.05, 4.69) is 6.07 Å². The molecule has 2 N–H and O–H groups in total. The minimum absolute atomic E-state index is 0.0314. The first-order chi connectivity index (χ1) is 14.1. The average molecular weight is 386 g/mol. The SMILES string of the molecule is N#CC1=C(N)OC2=C(C(=O)CCC2)[C@@H]1c1ccc(OC(=O)c2ccccc2)cc1. The highest BCUT2D eigenvalue weighted by Gasteiger charge is 2.37. The van der Waals surface area contributed by atoms with Crippen LogP contribution < -0.4 is 10.5 Å². The van der Waals surface area contributed by atoms with Crippen LogP contribution in [0.2, 0.25) is 0 Å². The molecule has 0 unspecified atom stereocenters. The summed E-state index contributed by atoms with van der Waals surface area (Å²) < 4.78 is 11.0. The fraction of sp³-hybridized carbons (Fsp3) is 0.174. The lowest BCUT2D eigenvalue weighted by atomic mass is 9.77. The van der Waals surface area contributed by atoms with Gasteiger partial charge >= 0.3 is 5.97 Å². The summed E-state index contributed by atoms with van der Waals surface area (Å²) in [4.78, 5) is 24.8. The zero-order chi connectivity index (χ0) is 20.4. The van der Waals surface area contributed by atoms with Crippen molar-refractivity contribution in [2.45, 2.75) is 25.2 Å². The van der Waals surface area contributed by atoms with Crippen molar-refractivity contribution < 1.29 is 19.1 Å². The van der Waals surface area contributed by atoms with Gasteiger partial charge in [0.1, 0.15) is 23.2 Å². The molecule has 1 aliphatic heterocycles. The van der Waals surface area contributed by atoms with Crippen molar-refractivity contribution in [1.82, 2.24) is 0 Å². The Bertz CT molecular complexity index is 1080. The number of esters is 1. The second-order valence-electron chi connectivity index (χ2n) is 6.86. The zero-order valence-corrected chi connectivity index (χ0v) is 15.6. The highest BCUT2D eigenvalue weighted by atomic mass is 16.5. The number of hydrogen-bond acceptors (Lipinski definition) is 6. The third-order valence-corrected chi connectivity index (χ3v) is 5.04. The molecular weight excluding hydrogens is 368 g/mol. The minimum Gasteiger partial charge on any atom is -0.444 e. The summed E-state index contributed by atoms with van der Waals surface area (Å²) in [6.45, 7) is 0. The van der Waals surface area contributed by atoms with Crippen LogP contribution in [0.1, 0.15) is 41.1 Å². The summed E-state index contributed by atoms with van der Waals surface area (Å²) in [6, 6.07) is 17.5. The van der Waals surface area contributed by atoms with Crippen molar-refractivity contribution in [2.24, 2.45) is 5.73 Å². The predicted molar refractivity (Wildman–Crippen MR) is 104 cm³/mol. The number of ketones is 1. The van der Waals surface area contributed by atoms with Crippen molar-refractivity contribution in [1.29, 1.82) is 5.26 Å². The van der Waals surface area contributed by atoms with E-state index < -0.39 is 11.9 Å².